The van der Waals surface area contributed by atoms with Crippen molar-refractivity contribution >= 4 is 10.0 Å². The molecule has 2 aromatic rings. The number of rotatable bonds is 6. The molecule has 0 saturated heterocycles. The number of aromatic nitrogens is 3. The van der Waals surface area contributed by atoms with Crippen molar-refractivity contribution in [1.29, 1.82) is 0 Å². The molecule has 2 aromatic heterocycles. The summed E-state index contributed by atoms with van der Waals surface area (Å²) < 4.78 is 26.4. The van der Waals surface area contributed by atoms with Gasteiger partial charge in [-0.15, -0.1) is 0 Å². The van der Waals surface area contributed by atoms with Crippen LogP contribution in [-0.4, -0.2) is 30.6 Å². The summed E-state index contributed by atoms with van der Waals surface area (Å²) in [4.78, 5) is 3.96. The number of nitrogens with one attached hydrogen (secondary N) is 3. The molecule has 0 aliphatic carbocycles. The average Bonchev–Trinajstić information content (AvgIpc) is 2.91. The summed E-state index contributed by atoms with van der Waals surface area (Å²) in [5.41, 5.74) is 1.69. The summed E-state index contributed by atoms with van der Waals surface area (Å²) in [5, 5.41) is 9.35. The summed E-state index contributed by atoms with van der Waals surface area (Å²) in [5.74, 6) is 0. The van der Waals surface area contributed by atoms with E-state index >= 15 is 0 Å². The second kappa shape index (κ2) is 5.91. The average molecular weight is 281 g/mol. The third-order valence-electron chi connectivity index (χ3n) is 2.47. The molecule has 0 aliphatic heterocycles. The van der Waals surface area contributed by atoms with Crippen LogP contribution >= 0.6 is 0 Å². The van der Waals surface area contributed by atoms with Crippen molar-refractivity contribution in [1.82, 2.24) is 25.2 Å². The van der Waals surface area contributed by atoms with Crippen LogP contribution in [0.15, 0.2) is 35.7 Å². The minimum Gasteiger partial charge on any atom is -0.316 e. The minimum absolute atomic E-state index is 0.0100. The van der Waals surface area contributed by atoms with Gasteiger partial charge >= 0.3 is 0 Å². The van der Waals surface area contributed by atoms with E-state index in [0.29, 0.717) is 6.54 Å². The fourth-order valence-electron chi connectivity index (χ4n) is 1.51. The van der Waals surface area contributed by atoms with Crippen LogP contribution in [0.25, 0.3) is 0 Å². The van der Waals surface area contributed by atoms with Crippen LogP contribution in [0.4, 0.5) is 0 Å². The molecule has 0 saturated carbocycles. The van der Waals surface area contributed by atoms with Gasteiger partial charge in [-0.2, -0.15) is 5.10 Å². The molecular formula is C11H15N5O2S. The lowest BCUT2D eigenvalue weighted by Crippen LogP contribution is -2.24. The second-order valence-corrected chi connectivity index (χ2v) is 5.68. The zero-order chi connectivity index (χ0) is 13.7. The second-order valence-electron chi connectivity index (χ2n) is 3.97. The van der Waals surface area contributed by atoms with Crippen LogP contribution in [0.5, 0.6) is 0 Å². The lowest BCUT2D eigenvalue weighted by molar-refractivity contribution is 0.577. The topological polar surface area (TPSA) is 99.8 Å². The van der Waals surface area contributed by atoms with Crippen molar-refractivity contribution in [3.05, 3.63) is 41.9 Å². The van der Waals surface area contributed by atoms with E-state index < -0.39 is 10.0 Å². The number of hydrogen-bond acceptors (Lipinski definition) is 5. The largest absolute Gasteiger partial charge is 0.316 e. The van der Waals surface area contributed by atoms with E-state index in [1.807, 2.05) is 7.05 Å². The van der Waals surface area contributed by atoms with E-state index in [4.69, 9.17) is 0 Å². The molecule has 7 nitrogen and oxygen atoms in total. The molecule has 3 N–H and O–H groups in total. The summed E-state index contributed by atoms with van der Waals surface area (Å²) in [6.45, 7) is 0.828. The van der Waals surface area contributed by atoms with E-state index in [2.05, 4.69) is 25.2 Å². The first-order valence-electron chi connectivity index (χ1n) is 5.68. The number of pyridine rings is 1. The van der Waals surface area contributed by atoms with Crippen LogP contribution in [0.1, 0.15) is 11.1 Å². The van der Waals surface area contributed by atoms with Crippen LogP contribution in [-0.2, 0) is 23.1 Å². The standard InChI is InChI=1S/C11H15N5O2S/c1-12-4-9-2-3-11(13-5-9)19(17,18)16-8-10-6-14-15-7-10/h2-3,5-7,12,16H,4,8H2,1H3,(H,14,15). The van der Waals surface area contributed by atoms with Crippen LogP contribution in [0, 0.1) is 0 Å². The monoisotopic (exact) mass is 281 g/mol. The maximum atomic E-state index is 12.0. The lowest BCUT2D eigenvalue weighted by Gasteiger charge is -2.05. The van der Waals surface area contributed by atoms with Crippen molar-refractivity contribution in [2.45, 2.75) is 18.1 Å². The van der Waals surface area contributed by atoms with Crippen LogP contribution < -0.4 is 10.0 Å². The fourth-order valence-corrected chi connectivity index (χ4v) is 2.45. The summed E-state index contributed by atoms with van der Waals surface area (Å²) >= 11 is 0. The summed E-state index contributed by atoms with van der Waals surface area (Å²) in [6, 6.07) is 3.22. The molecule has 0 radical (unpaired) electrons. The molecule has 8 heteroatoms. The molecule has 2 rings (SSSR count). The predicted octanol–water partition coefficient (Wildman–Crippen LogP) is 0.00260. The molecule has 0 atom stereocenters. The van der Waals surface area contributed by atoms with Gasteiger partial charge in [-0.25, -0.2) is 18.1 Å². The van der Waals surface area contributed by atoms with Gasteiger partial charge < -0.3 is 5.32 Å². The zero-order valence-electron chi connectivity index (χ0n) is 10.4. The maximum absolute atomic E-state index is 12.0. The molecule has 0 aliphatic rings. The summed E-state index contributed by atoms with van der Waals surface area (Å²) in [6.07, 6.45) is 4.74. The molecule has 0 spiro atoms. The van der Waals surface area contributed by atoms with Crippen LogP contribution in [0.3, 0.4) is 0 Å². The molecule has 0 unspecified atom stereocenters. The third kappa shape index (κ3) is 3.60. The quantitative estimate of drug-likeness (QED) is 0.692. The first-order chi connectivity index (χ1) is 9.12. The van der Waals surface area contributed by atoms with E-state index in [1.54, 1.807) is 24.7 Å². The molecule has 0 aromatic carbocycles. The van der Waals surface area contributed by atoms with E-state index in [-0.39, 0.29) is 11.6 Å². The Hall–Kier alpha value is -1.77. The Balaban J connectivity index is 2.06. The Labute approximate surface area is 111 Å². The number of aromatic amines is 1. The molecule has 102 valence electrons. The molecule has 19 heavy (non-hydrogen) atoms. The van der Waals surface area contributed by atoms with Crippen molar-refractivity contribution in [2.24, 2.45) is 0 Å². The Bertz CT molecular complexity index is 607. The van der Waals surface area contributed by atoms with Crippen molar-refractivity contribution in [3.8, 4) is 0 Å². The number of nitrogens with zero attached hydrogens (tertiary/aromatic N) is 2. The zero-order valence-corrected chi connectivity index (χ0v) is 11.2. The van der Waals surface area contributed by atoms with Gasteiger partial charge in [0.15, 0.2) is 5.03 Å². The van der Waals surface area contributed by atoms with Gasteiger partial charge in [0, 0.05) is 31.0 Å². The van der Waals surface area contributed by atoms with Crippen molar-refractivity contribution in [3.63, 3.8) is 0 Å². The third-order valence-corrected chi connectivity index (χ3v) is 3.79. The maximum Gasteiger partial charge on any atom is 0.258 e. The van der Waals surface area contributed by atoms with E-state index in [9.17, 15) is 8.42 Å². The molecule has 0 fully saturated rings. The van der Waals surface area contributed by atoms with Crippen molar-refractivity contribution in [2.75, 3.05) is 7.05 Å². The first-order valence-corrected chi connectivity index (χ1v) is 7.17. The highest BCUT2D eigenvalue weighted by atomic mass is 32.2. The van der Waals surface area contributed by atoms with Gasteiger partial charge in [-0.1, -0.05) is 6.07 Å². The normalized spacial score (nSPS) is 11.6. The first kappa shape index (κ1) is 13.7. The Morgan fingerprint density at radius 2 is 2.05 bits per heavy atom. The highest BCUT2D eigenvalue weighted by molar-refractivity contribution is 7.89. The van der Waals surface area contributed by atoms with Gasteiger partial charge in [0.05, 0.1) is 6.20 Å². The van der Waals surface area contributed by atoms with Gasteiger partial charge in [0.1, 0.15) is 0 Å². The molecule has 2 heterocycles. The Kier molecular flexibility index (Phi) is 4.25. The van der Waals surface area contributed by atoms with E-state index in [0.717, 1.165) is 11.1 Å². The van der Waals surface area contributed by atoms with Crippen LogP contribution in [0.2, 0.25) is 0 Å². The fraction of sp³-hybridized carbons (Fsp3) is 0.273. The Morgan fingerprint density at radius 3 is 2.63 bits per heavy atom. The molecule has 0 bridgehead atoms. The SMILES string of the molecule is CNCc1ccc(S(=O)(=O)NCc2cn[nH]c2)nc1. The van der Waals surface area contributed by atoms with Crippen molar-refractivity contribution < 1.29 is 8.42 Å². The van der Waals surface area contributed by atoms with E-state index in [1.165, 1.54) is 6.07 Å². The number of sulfonamides is 1. The van der Waals surface area contributed by atoms with Gasteiger partial charge in [0.2, 0.25) is 0 Å². The number of H-pyrrole nitrogens is 1. The lowest BCUT2D eigenvalue weighted by atomic mass is 10.3. The highest BCUT2D eigenvalue weighted by Gasteiger charge is 2.15. The van der Waals surface area contributed by atoms with Gasteiger partial charge in [0.25, 0.3) is 10.0 Å². The smallest absolute Gasteiger partial charge is 0.258 e. The highest BCUT2D eigenvalue weighted by Crippen LogP contribution is 2.07. The van der Waals surface area contributed by atoms with Gasteiger partial charge in [-0.3, -0.25) is 5.10 Å². The summed E-state index contributed by atoms with van der Waals surface area (Å²) in [7, 11) is -1.77. The Morgan fingerprint density at radius 1 is 1.21 bits per heavy atom. The molecular weight excluding hydrogens is 266 g/mol. The van der Waals surface area contributed by atoms with Gasteiger partial charge in [-0.05, 0) is 18.7 Å². The molecule has 0 amide bonds. The minimum atomic E-state index is -3.59. The number of hydrogen-bond donors (Lipinski definition) is 3. The predicted molar refractivity (Wildman–Crippen MR) is 69.6 cm³/mol.